The molecule has 1 aliphatic rings. The number of methoxy groups -OCH3 is 1. The van der Waals surface area contributed by atoms with Crippen molar-refractivity contribution in [3.8, 4) is 17.1 Å². The molecule has 0 aliphatic heterocycles. The molecule has 0 atom stereocenters. The third-order valence-corrected chi connectivity index (χ3v) is 7.21. The maximum absolute atomic E-state index is 13.9. The van der Waals surface area contributed by atoms with Gasteiger partial charge in [0.15, 0.2) is 11.2 Å². The zero-order valence-corrected chi connectivity index (χ0v) is 22.9. The van der Waals surface area contributed by atoms with Crippen LogP contribution in [-0.2, 0) is 11.3 Å². The number of imidazole rings is 1. The summed E-state index contributed by atoms with van der Waals surface area (Å²) in [6.45, 7) is 4.40. The van der Waals surface area contributed by atoms with Gasteiger partial charge < -0.3 is 4.74 Å². The fourth-order valence-corrected chi connectivity index (χ4v) is 5.26. The molecule has 0 saturated heterocycles. The monoisotopic (exact) mass is 542 g/mol. The van der Waals surface area contributed by atoms with Gasteiger partial charge in [-0.1, -0.05) is 68.4 Å². The van der Waals surface area contributed by atoms with Gasteiger partial charge in [-0.2, -0.15) is 0 Å². The molecule has 1 aliphatic carbocycles. The zero-order valence-electron chi connectivity index (χ0n) is 21.4. The summed E-state index contributed by atoms with van der Waals surface area (Å²) in [6.07, 6.45) is 4.94. The summed E-state index contributed by atoms with van der Waals surface area (Å²) < 4.78 is 9.99. The van der Waals surface area contributed by atoms with Gasteiger partial charge in [0.05, 0.1) is 18.2 Å². The minimum atomic E-state index is -0.408. The lowest BCUT2D eigenvalue weighted by molar-refractivity contribution is 0.183. The lowest BCUT2D eigenvalue weighted by Gasteiger charge is -2.25. The molecular formula is C28H32Cl2N4O3. The Morgan fingerprint density at radius 3 is 2.30 bits per heavy atom. The van der Waals surface area contributed by atoms with E-state index in [1.54, 1.807) is 34.4 Å². The van der Waals surface area contributed by atoms with Crippen LogP contribution >= 0.6 is 23.2 Å². The Kier molecular flexibility index (Phi) is 8.90. The maximum Gasteiger partial charge on any atom is 0.333 e. The molecule has 1 fully saturated rings. The molecular weight excluding hydrogens is 511 g/mol. The summed E-state index contributed by atoms with van der Waals surface area (Å²) in [5.74, 6) is 0.499. The molecule has 0 radical (unpaired) electrons. The molecule has 37 heavy (non-hydrogen) atoms. The minimum absolute atomic E-state index is 0.0270. The molecule has 1 saturated carbocycles. The summed E-state index contributed by atoms with van der Waals surface area (Å²) in [4.78, 5) is 32.5. The number of ether oxygens (including phenoxy) is 1. The van der Waals surface area contributed by atoms with Crippen LogP contribution in [0.1, 0.15) is 52.0 Å². The summed E-state index contributed by atoms with van der Waals surface area (Å²) in [5, 5.41) is 1.08. The highest BCUT2D eigenvalue weighted by molar-refractivity contribution is 6.33. The first-order chi connectivity index (χ1) is 18.0. The van der Waals surface area contributed by atoms with E-state index in [-0.39, 0.29) is 24.9 Å². The molecule has 0 spiro atoms. The third-order valence-electron chi connectivity index (χ3n) is 6.63. The van der Waals surface area contributed by atoms with E-state index in [0.717, 1.165) is 32.1 Å². The van der Waals surface area contributed by atoms with Crippen molar-refractivity contribution < 1.29 is 4.74 Å². The highest BCUT2D eigenvalue weighted by Crippen LogP contribution is 2.34. The smallest absolute Gasteiger partial charge is 0.333 e. The molecule has 0 amide bonds. The predicted molar refractivity (Wildman–Crippen MR) is 150 cm³/mol. The van der Waals surface area contributed by atoms with Gasteiger partial charge in [-0.15, -0.1) is 0 Å². The zero-order chi connectivity index (χ0) is 26.5. The van der Waals surface area contributed by atoms with Gasteiger partial charge in [0.25, 0.3) is 5.56 Å². The number of rotatable bonds is 6. The first-order valence-electron chi connectivity index (χ1n) is 12.8. The molecule has 0 unspecified atom stereocenters. The van der Waals surface area contributed by atoms with Gasteiger partial charge in [0, 0.05) is 29.4 Å². The fraction of sp³-hybridized carbons (Fsp3) is 0.393. The average molecular weight is 543 g/mol. The van der Waals surface area contributed by atoms with Crippen molar-refractivity contribution in [3.63, 3.8) is 0 Å². The van der Waals surface area contributed by atoms with E-state index in [1.807, 2.05) is 44.2 Å². The second-order valence-corrected chi connectivity index (χ2v) is 9.64. The normalized spacial score (nSPS) is 14.0. The number of halogens is 2. The second-order valence-electron chi connectivity index (χ2n) is 8.79. The highest BCUT2D eigenvalue weighted by Gasteiger charge is 2.28. The van der Waals surface area contributed by atoms with Crippen molar-refractivity contribution >= 4 is 34.4 Å². The lowest BCUT2D eigenvalue weighted by Crippen LogP contribution is -2.43. The van der Waals surface area contributed by atoms with Crippen LogP contribution in [0.25, 0.3) is 28.2 Å². The van der Waals surface area contributed by atoms with Gasteiger partial charge >= 0.3 is 5.69 Å². The Labute approximate surface area is 226 Å². The quantitative estimate of drug-likeness (QED) is 0.278. The van der Waals surface area contributed by atoms with Crippen LogP contribution in [0.3, 0.4) is 0 Å². The molecule has 0 N–H and O–H groups in total. The standard InChI is InChI=1S/C26H26Cl2N4O3.C2H6/c1-35-16-15-30-25(33)22-24(32(26(30)34)18-7-3-2-4-8-18)29-23(20-9-5-6-10-21(20)28)31(22)19-13-11-17(27)12-14-19;1-2/h5-6,9-14,18H,2-4,7-8,15-16H2,1H3;1-2H3. The third kappa shape index (κ3) is 5.26. The van der Waals surface area contributed by atoms with Crippen LogP contribution in [0.2, 0.25) is 10.0 Å². The lowest BCUT2D eigenvalue weighted by atomic mass is 9.95. The Morgan fingerprint density at radius 1 is 0.973 bits per heavy atom. The van der Waals surface area contributed by atoms with Crippen LogP contribution in [0.5, 0.6) is 0 Å². The minimum Gasteiger partial charge on any atom is -0.383 e. The van der Waals surface area contributed by atoms with Crippen LogP contribution in [0.4, 0.5) is 0 Å². The van der Waals surface area contributed by atoms with E-state index in [9.17, 15) is 9.59 Å². The molecule has 9 heteroatoms. The molecule has 7 nitrogen and oxygen atoms in total. The first kappa shape index (κ1) is 27.2. The van der Waals surface area contributed by atoms with Gasteiger partial charge in [-0.3, -0.25) is 18.5 Å². The van der Waals surface area contributed by atoms with E-state index < -0.39 is 5.56 Å². The summed E-state index contributed by atoms with van der Waals surface area (Å²) in [7, 11) is 1.55. The van der Waals surface area contributed by atoms with Gasteiger partial charge in [-0.25, -0.2) is 9.78 Å². The SMILES string of the molecule is CC.COCCn1c(=O)c2c(nc(-c3ccccc3Cl)n2-c2ccc(Cl)cc2)n(C2CCCCC2)c1=O. The van der Waals surface area contributed by atoms with E-state index in [0.29, 0.717) is 38.3 Å². The Bertz CT molecular complexity index is 1480. The second kappa shape index (κ2) is 12.1. The van der Waals surface area contributed by atoms with Crippen molar-refractivity contribution in [2.24, 2.45) is 0 Å². The Morgan fingerprint density at radius 2 is 1.65 bits per heavy atom. The predicted octanol–water partition coefficient (Wildman–Crippen LogP) is 6.50. The Hall–Kier alpha value is -2.87. The first-order valence-corrected chi connectivity index (χ1v) is 13.5. The number of hydrogen-bond donors (Lipinski definition) is 0. The molecule has 2 aromatic heterocycles. The summed E-state index contributed by atoms with van der Waals surface area (Å²) in [5.41, 5.74) is 1.34. The summed E-state index contributed by atoms with van der Waals surface area (Å²) in [6, 6.07) is 14.5. The molecule has 5 rings (SSSR count). The average Bonchev–Trinajstić information content (AvgIpc) is 3.31. The van der Waals surface area contributed by atoms with Crippen LogP contribution in [0, 0.1) is 0 Å². The number of nitrogens with zero attached hydrogens (tertiary/aromatic N) is 4. The maximum atomic E-state index is 13.9. The molecule has 4 aromatic rings. The summed E-state index contributed by atoms with van der Waals surface area (Å²) >= 11 is 12.8. The van der Waals surface area contributed by atoms with Crippen molar-refractivity contribution in [3.05, 3.63) is 79.4 Å². The number of benzene rings is 2. The molecule has 2 aromatic carbocycles. The number of aromatic nitrogens is 4. The molecule has 0 bridgehead atoms. The molecule has 196 valence electrons. The van der Waals surface area contributed by atoms with Gasteiger partial charge in [-0.05, 0) is 49.2 Å². The van der Waals surface area contributed by atoms with Crippen LogP contribution in [0.15, 0.2) is 58.1 Å². The van der Waals surface area contributed by atoms with Crippen molar-refractivity contribution in [1.29, 1.82) is 0 Å². The topological polar surface area (TPSA) is 71.1 Å². The van der Waals surface area contributed by atoms with E-state index in [4.69, 9.17) is 32.9 Å². The number of hydrogen-bond acceptors (Lipinski definition) is 4. The largest absolute Gasteiger partial charge is 0.383 e. The highest BCUT2D eigenvalue weighted by atomic mass is 35.5. The van der Waals surface area contributed by atoms with Gasteiger partial charge in [0.1, 0.15) is 5.82 Å². The van der Waals surface area contributed by atoms with E-state index in [2.05, 4.69) is 0 Å². The molecule has 2 heterocycles. The van der Waals surface area contributed by atoms with Gasteiger partial charge in [0.2, 0.25) is 0 Å². The van der Waals surface area contributed by atoms with E-state index in [1.165, 1.54) is 4.57 Å². The van der Waals surface area contributed by atoms with Crippen LogP contribution in [-0.4, -0.2) is 32.4 Å². The fourth-order valence-electron chi connectivity index (χ4n) is 4.92. The van der Waals surface area contributed by atoms with E-state index >= 15 is 0 Å². The van der Waals surface area contributed by atoms with Crippen molar-refractivity contribution in [1.82, 2.24) is 18.7 Å². The van der Waals surface area contributed by atoms with Crippen LogP contribution < -0.4 is 11.2 Å². The Balaban J connectivity index is 0.00000156. The number of fused-ring (bicyclic) bond motifs is 1. The van der Waals surface area contributed by atoms with Crippen molar-refractivity contribution in [2.75, 3.05) is 13.7 Å². The van der Waals surface area contributed by atoms with Crippen molar-refractivity contribution in [2.45, 2.75) is 58.5 Å².